The molecule has 3 nitrogen and oxygen atoms in total. The van der Waals surface area contributed by atoms with Gasteiger partial charge in [0.05, 0.1) is 22.9 Å². The summed E-state index contributed by atoms with van der Waals surface area (Å²) in [6, 6.07) is 2.93. The summed E-state index contributed by atoms with van der Waals surface area (Å²) in [6.07, 6.45) is 0.749. The summed E-state index contributed by atoms with van der Waals surface area (Å²) in [5.41, 5.74) is 6.04. The van der Waals surface area contributed by atoms with E-state index in [1.54, 1.807) is 0 Å². The number of nitrogen functional groups attached to an aromatic ring is 1. The minimum Gasteiger partial charge on any atom is -0.462 e. The summed E-state index contributed by atoms with van der Waals surface area (Å²) in [5.74, 6) is -0.504. The van der Waals surface area contributed by atoms with Crippen molar-refractivity contribution in [2.24, 2.45) is 0 Å². The number of hydrogen-bond acceptors (Lipinski definition) is 3. The second-order valence-corrected chi connectivity index (χ2v) is 3.81. The summed E-state index contributed by atoms with van der Waals surface area (Å²) in [6.45, 7) is 2.25. The van der Waals surface area contributed by atoms with Gasteiger partial charge in [0, 0.05) is 5.02 Å². The fraction of sp³-hybridized carbons (Fsp3) is 0.300. The van der Waals surface area contributed by atoms with Gasteiger partial charge in [0.2, 0.25) is 0 Å². The molecule has 0 radical (unpaired) electrons. The number of benzene rings is 1. The molecule has 1 aromatic rings. The first-order valence-electron chi connectivity index (χ1n) is 4.48. The van der Waals surface area contributed by atoms with Crippen molar-refractivity contribution < 1.29 is 9.53 Å². The summed E-state index contributed by atoms with van der Waals surface area (Å²) in [7, 11) is 0. The average Bonchev–Trinajstić information content (AvgIpc) is 2.19. The van der Waals surface area contributed by atoms with Crippen LogP contribution in [-0.4, -0.2) is 12.6 Å². The number of halogens is 2. The Morgan fingerprint density at radius 1 is 1.47 bits per heavy atom. The van der Waals surface area contributed by atoms with Crippen molar-refractivity contribution in [3.63, 3.8) is 0 Å². The molecule has 0 atom stereocenters. The molecule has 0 heterocycles. The SMILES string of the molecule is CCCOC(=O)c1cc(Cl)cc(N)c1Cl. The topological polar surface area (TPSA) is 52.3 Å². The monoisotopic (exact) mass is 247 g/mol. The van der Waals surface area contributed by atoms with Crippen LogP contribution in [-0.2, 0) is 4.74 Å². The van der Waals surface area contributed by atoms with Gasteiger partial charge in [-0.2, -0.15) is 0 Å². The number of carbonyl (C=O) groups excluding carboxylic acids is 1. The van der Waals surface area contributed by atoms with Gasteiger partial charge in [-0.3, -0.25) is 0 Å². The highest BCUT2D eigenvalue weighted by molar-refractivity contribution is 6.37. The molecule has 82 valence electrons. The second-order valence-electron chi connectivity index (χ2n) is 2.99. The lowest BCUT2D eigenvalue weighted by Crippen LogP contribution is -2.07. The van der Waals surface area contributed by atoms with Crippen LogP contribution in [0.3, 0.4) is 0 Å². The Bertz CT molecular complexity index is 380. The molecule has 1 rings (SSSR count). The molecule has 2 N–H and O–H groups in total. The highest BCUT2D eigenvalue weighted by atomic mass is 35.5. The quantitative estimate of drug-likeness (QED) is 0.660. The van der Waals surface area contributed by atoms with E-state index in [0.29, 0.717) is 11.6 Å². The van der Waals surface area contributed by atoms with E-state index in [0.717, 1.165) is 6.42 Å². The van der Waals surface area contributed by atoms with Crippen molar-refractivity contribution in [2.45, 2.75) is 13.3 Å². The van der Waals surface area contributed by atoms with E-state index in [2.05, 4.69) is 0 Å². The van der Waals surface area contributed by atoms with Gasteiger partial charge in [-0.05, 0) is 18.6 Å². The predicted octanol–water partition coefficient (Wildman–Crippen LogP) is 3.14. The third kappa shape index (κ3) is 3.01. The van der Waals surface area contributed by atoms with E-state index in [9.17, 15) is 4.79 Å². The lowest BCUT2D eigenvalue weighted by molar-refractivity contribution is 0.0505. The Balaban J connectivity index is 2.98. The normalized spacial score (nSPS) is 10.1. The van der Waals surface area contributed by atoms with Crippen molar-refractivity contribution in [2.75, 3.05) is 12.3 Å². The molecule has 15 heavy (non-hydrogen) atoms. The molecule has 0 fully saturated rings. The first-order chi connectivity index (χ1) is 7.06. The number of esters is 1. The Kier molecular flexibility index (Phi) is 4.24. The lowest BCUT2D eigenvalue weighted by atomic mass is 10.2. The molecule has 0 unspecified atom stereocenters. The van der Waals surface area contributed by atoms with Crippen LogP contribution >= 0.6 is 23.2 Å². The molecular formula is C10H11Cl2NO2. The Morgan fingerprint density at radius 3 is 2.73 bits per heavy atom. The molecule has 0 aliphatic rings. The molecule has 1 aromatic carbocycles. The van der Waals surface area contributed by atoms with Gasteiger partial charge >= 0.3 is 5.97 Å². The van der Waals surface area contributed by atoms with E-state index >= 15 is 0 Å². The van der Waals surface area contributed by atoms with Crippen LogP contribution in [0.25, 0.3) is 0 Å². The lowest BCUT2D eigenvalue weighted by Gasteiger charge is -2.07. The molecule has 0 bridgehead atoms. The molecular weight excluding hydrogens is 237 g/mol. The van der Waals surface area contributed by atoms with Crippen LogP contribution in [0.1, 0.15) is 23.7 Å². The van der Waals surface area contributed by atoms with E-state index in [4.69, 9.17) is 33.7 Å². The number of ether oxygens (including phenoxy) is 1. The van der Waals surface area contributed by atoms with E-state index in [-0.39, 0.29) is 16.3 Å². The van der Waals surface area contributed by atoms with E-state index < -0.39 is 5.97 Å². The van der Waals surface area contributed by atoms with Crippen molar-refractivity contribution in [1.29, 1.82) is 0 Å². The maximum atomic E-state index is 11.5. The number of hydrogen-bond donors (Lipinski definition) is 1. The zero-order chi connectivity index (χ0) is 11.4. The molecule has 0 spiro atoms. The highest BCUT2D eigenvalue weighted by Gasteiger charge is 2.14. The van der Waals surface area contributed by atoms with Crippen LogP contribution in [0.15, 0.2) is 12.1 Å². The van der Waals surface area contributed by atoms with Crippen LogP contribution in [0.2, 0.25) is 10.0 Å². The number of carbonyl (C=O) groups is 1. The number of rotatable bonds is 3. The smallest absolute Gasteiger partial charge is 0.339 e. The van der Waals surface area contributed by atoms with Crippen molar-refractivity contribution in [1.82, 2.24) is 0 Å². The summed E-state index contributed by atoms with van der Waals surface area (Å²) in [4.78, 5) is 11.5. The molecule has 0 amide bonds. The van der Waals surface area contributed by atoms with Crippen molar-refractivity contribution in [3.8, 4) is 0 Å². The van der Waals surface area contributed by atoms with Crippen LogP contribution in [0.4, 0.5) is 5.69 Å². The van der Waals surface area contributed by atoms with Crippen LogP contribution in [0, 0.1) is 0 Å². The second kappa shape index (κ2) is 5.24. The zero-order valence-electron chi connectivity index (χ0n) is 8.22. The first kappa shape index (κ1) is 12.1. The summed E-state index contributed by atoms with van der Waals surface area (Å²) < 4.78 is 4.93. The number of nitrogens with two attached hydrogens (primary N) is 1. The largest absolute Gasteiger partial charge is 0.462 e. The Hall–Kier alpha value is -0.930. The highest BCUT2D eigenvalue weighted by Crippen LogP contribution is 2.28. The third-order valence-corrected chi connectivity index (χ3v) is 2.36. The van der Waals surface area contributed by atoms with Crippen LogP contribution in [0.5, 0.6) is 0 Å². The fourth-order valence-corrected chi connectivity index (χ4v) is 1.44. The molecule has 0 saturated heterocycles. The first-order valence-corrected chi connectivity index (χ1v) is 5.23. The summed E-state index contributed by atoms with van der Waals surface area (Å²) in [5, 5.41) is 0.542. The average molecular weight is 248 g/mol. The molecule has 5 heteroatoms. The van der Waals surface area contributed by atoms with Crippen molar-refractivity contribution in [3.05, 3.63) is 27.7 Å². The van der Waals surface area contributed by atoms with Gasteiger partial charge < -0.3 is 10.5 Å². The Morgan fingerprint density at radius 2 is 2.13 bits per heavy atom. The van der Waals surface area contributed by atoms with Gasteiger partial charge in [-0.1, -0.05) is 30.1 Å². The molecule has 0 aliphatic heterocycles. The van der Waals surface area contributed by atoms with Crippen LogP contribution < -0.4 is 5.73 Å². The predicted molar refractivity (Wildman–Crippen MR) is 61.4 cm³/mol. The summed E-state index contributed by atoms with van der Waals surface area (Å²) >= 11 is 11.6. The standard InChI is InChI=1S/C10H11Cl2NO2/c1-2-3-15-10(14)7-4-6(11)5-8(13)9(7)12/h4-5H,2-3,13H2,1H3. The third-order valence-electron chi connectivity index (χ3n) is 1.72. The molecule has 0 aliphatic carbocycles. The maximum Gasteiger partial charge on any atom is 0.339 e. The Labute approximate surface area is 98.1 Å². The maximum absolute atomic E-state index is 11.5. The van der Waals surface area contributed by atoms with E-state index in [1.165, 1.54) is 12.1 Å². The van der Waals surface area contributed by atoms with Crippen molar-refractivity contribution >= 4 is 34.9 Å². The molecule has 0 aromatic heterocycles. The van der Waals surface area contributed by atoms with E-state index in [1.807, 2.05) is 6.92 Å². The minimum atomic E-state index is -0.504. The van der Waals surface area contributed by atoms with Gasteiger partial charge in [0.25, 0.3) is 0 Å². The number of anilines is 1. The van der Waals surface area contributed by atoms with Gasteiger partial charge in [-0.15, -0.1) is 0 Å². The van der Waals surface area contributed by atoms with Gasteiger partial charge in [-0.25, -0.2) is 4.79 Å². The zero-order valence-corrected chi connectivity index (χ0v) is 9.73. The molecule has 0 saturated carbocycles. The fourth-order valence-electron chi connectivity index (χ4n) is 1.03. The minimum absolute atomic E-state index is 0.181. The van der Waals surface area contributed by atoms with Gasteiger partial charge in [0.1, 0.15) is 0 Å². The van der Waals surface area contributed by atoms with Gasteiger partial charge in [0.15, 0.2) is 0 Å².